The monoisotopic (exact) mass is 477 g/mol. The Morgan fingerprint density at radius 1 is 1.18 bits per heavy atom. The summed E-state index contributed by atoms with van der Waals surface area (Å²) in [5.74, 6) is -0.418. The summed E-state index contributed by atoms with van der Waals surface area (Å²) in [5, 5.41) is 0.164. The molecular weight excluding hydrogens is 463 g/mol. The maximum absolute atomic E-state index is 12.6. The van der Waals surface area contributed by atoms with E-state index in [0.717, 1.165) is 5.56 Å². The van der Waals surface area contributed by atoms with Crippen molar-refractivity contribution >= 4 is 33.4 Å². The number of benzene rings is 1. The Balaban J connectivity index is 1.54. The number of carbonyl (C=O) groups is 1. The van der Waals surface area contributed by atoms with Crippen LogP contribution in [0.25, 0.3) is 0 Å². The van der Waals surface area contributed by atoms with E-state index < -0.39 is 6.36 Å². The van der Waals surface area contributed by atoms with Crippen LogP contribution in [-0.4, -0.2) is 53.2 Å². The number of hydrogen-bond donors (Lipinski definition) is 0. The lowest BCUT2D eigenvalue weighted by Gasteiger charge is -2.34. The third-order valence-electron chi connectivity index (χ3n) is 4.26. The summed E-state index contributed by atoms with van der Waals surface area (Å²) < 4.78 is 41.2. The van der Waals surface area contributed by atoms with Gasteiger partial charge in [-0.1, -0.05) is 23.7 Å². The Morgan fingerprint density at radius 2 is 1.82 bits per heavy atom. The van der Waals surface area contributed by atoms with Gasteiger partial charge in [0.15, 0.2) is 0 Å². The zero-order chi connectivity index (χ0) is 20.3. The average molecular weight is 479 g/mol. The van der Waals surface area contributed by atoms with Crippen LogP contribution in [0.1, 0.15) is 15.9 Å². The van der Waals surface area contributed by atoms with E-state index in [2.05, 4.69) is 30.6 Å². The summed E-state index contributed by atoms with van der Waals surface area (Å²) in [4.78, 5) is 20.5. The number of halogens is 5. The Kier molecular flexibility index (Phi) is 6.47. The van der Waals surface area contributed by atoms with Crippen LogP contribution >= 0.6 is 27.5 Å². The summed E-state index contributed by atoms with van der Waals surface area (Å²) in [6.07, 6.45) is -3.17. The second-order valence-electron chi connectivity index (χ2n) is 6.25. The maximum Gasteiger partial charge on any atom is 0.573 e. The number of alkyl halides is 3. The number of piperazine rings is 1. The van der Waals surface area contributed by atoms with E-state index in [1.54, 1.807) is 23.1 Å². The Bertz CT molecular complexity index is 841. The van der Waals surface area contributed by atoms with E-state index in [0.29, 0.717) is 42.8 Å². The molecule has 1 fully saturated rings. The molecule has 0 saturated carbocycles. The van der Waals surface area contributed by atoms with Gasteiger partial charge in [-0.05, 0) is 39.7 Å². The van der Waals surface area contributed by atoms with E-state index in [4.69, 9.17) is 11.6 Å². The van der Waals surface area contributed by atoms with E-state index in [9.17, 15) is 18.0 Å². The second kappa shape index (κ2) is 8.67. The van der Waals surface area contributed by atoms with Gasteiger partial charge in [0.2, 0.25) is 0 Å². The highest BCUT2D eigenvalue weighted by Gasteiger charge is 2.31. The number of amides is 1. The van der Waals surface area contributed by atoms with Crippen LogP contribution in [0.5, 0.6) is 5.75 Å². The molecule has 0 spiro atoms. The first-order chi connectivity index (χ1) is 13.2. The number of rotatable bonds is 4. The van der Waals surface area contributed by atoms with Crippen LogP contribution in [0.2, 0.25) is 5.15 Å². The maximum atomic E-state index is 12.6. The fourth-order valence-corrected chi connectivity index (χ4v) is 3.42. The molecule has 28 heavy (non-hydrogen) atoms. The molecule has 2 heterocycles. The van der Waals surface area contributed by atoms with Gasteiger partial charge >= 0.3 is 6.36 Å². The van der Waals surface area contributed by atoms with Gasteiger partial charge in [-0.25, -0.2) is 4.98 Å². The van der Waals surface area contributed by atoms with Gasteiger partial charge in [0.1, 0.15) is 10.9 Å². The lowest BCUT2D eigenvalue weighted by Crippen LogP contribution is -2.48. The number of pyridine rings is 1. The molecule has 1 aliphatic rings. The Morgan fingerprint density at radius 3 is 2.43 bits per heavy atom. The predicted octanol–water partition coefficient (Wildman–Crippen LogP) is 4.35. The molecule has 1 aromatic heterocycles. The molecule has 10 heteroatoms. The van der Waals surface area contributed by atoms with Gasteiger partial charge in [0.05, 0.1) is 5.56 Å². The van der Waals surface area contributed by atoms with Crippen molar-refractivity contribution in [2.24, 2.45) is 0 Å². The number of hydrogen-bond acceptors (Lipinski definition) is 4. The molecule has 0 radical (unpaired) electrons. The average Bonchev–Trinajstić information content (AvgIpc) is 2.64. The fourth-order valence-electron chi connectivity index (χ4n) is 2.91. The van der Waals surface area contributed by atoms with Crippen molar-refractivity contribution in [3.63, 3.8) is 0 Å². The molecule has 1 aromatic carbocycles. The first-order valence-electron chi connectivity index (χ1n) is 8.38. The minimum Gasteiger partial charge on any atom is -0.406 e. The number of aromatic nitrogens is 1. The highest BCUT2D eigenvalue weighted by Crippen LogP contribution is 2.24. The van der Waals surface area contributed by atoms with Gasteiger partial charge in [-0.3, -0.25) is 9.69 Å². The summed E-state index contributed by atoms with van der Waals surface area (Å²) in [6, 6.07) is 7.45. The van der Waals surface area contributed by atoms with Crippen molar-refractivity contribution in [2.75, 3.05) is 26.2 Å². The normalized spacial score (nSPS) is 15.5. The zero-order valence-electron chi connectivity index (χ0n) is 14.5. The molecule has 0 unspecified atom stereocenters. The molecule has 1 amide bonds. The third-order valence-corrected chi connectivity index (χ3v) is 4.99. The second-order valence-corrected chi connectivity index (χ2v) is 7.53. The van der Waals surface area contributed by atoms with Gasteiger partial charge in [0.25, 0.3) is 5.91 Å². The number of carbonyl (C=O) groups excluding carboxylic acids is 1. The molecular formula is C18H16BrClF3N3O2. The van der Waals surface area contributed by atoms with Crippen LogP contribution in [0, 0.1) is 0 Å². The first-order valence-corrected chi connectivity index (χ1v) is 9.56. The fraction of sp³-hybridized carbons (Fsp3) is 0.333. The highest BCUT2D eigenvalue weighted by molar-refractivity contribution is 9.10. The molecule has 1 saturated heterocycles. The highest BCUT2D eigenvalue weighted by atomic mass is 79.9. The standard InChI is InChI=1S/C18H16BrClF3N3O2/c19-13-9-15(16(20)24-10-13)17(27)26-7-5-25(6-8-26)11-12-1-3-14(4-2-12)28-18(21,22)23/h1-4,9-10H,5-8,11H2. The SMILES string of the molecule is O=C(c1cc(Br)cnc1Cl)N1CCN(Cc2ccc(OC(F)(F)F)cc2)CC1. The summed E-state index contributed by atoms with van der Waals surface area (Å²) in [6.45, 7) is 2.92. The Hall–Kier alpha value is -1.84. The molecule has 3 rings (SSSR count). The number of ether oxygens (including phenoxy) is 1. The van der Waals surface area contributed by atoms with Crippen molar-refractivity contribution in [2.45, 2.75) is 12.9 Å². The molecule has 0 aliphatic carbocycles. The van der Waals surface area contributed by atoms with Crippen molar-refractivity contribution in [3.05, 3.63) is 57.3 Å². The lowest BCUT2D eigenvalue weighted by atomic mass is 10.1. The van der Waals surface area contributed by atoms with Crippen LogP contribution in [0.4, 0.5) is 13.2 Å². The van der Waals surface area contributed by atoms with Crippen molar-refractivity contribution in [1.82, 2.24) is 14.8 Å². The number of nitrogens with zero attached hydrogens (tertiary/aromatic N) is 3. The van der Waals surface area contributed by atoms with E-state index in [1.165, 1.54) is 18.3 Å². The van der Waals surface area contributed by atoms with E-state index in [1.807, 2.05) is 0 Å². The lowest BCUT2D eigenvalue weighted by molar-refractivity contribution is -0.274. The van der Waals surface area contributed by atoms with Crippen molar-refractivity contribution in [3.8, 4) is 5.75 Å². The third kappa shape index (κ3) is 5.59. The van der Waals surface area contributed by atoms with Crippen molar-refractivity contribution < 1.29 is 22.7 Å². The molecule has 0 bridgehead atoms. The van der Waals surface area contributed by atoms with Crippen LogP contribution < -0.4 is 4.74 Å². The Labute approximate surface area is 173 Å². The zero-order valence-corrected chi connectivity index (χ0v) is 16.9. The molecule has 150 valence electrons. The molecule has 0 N–H and O–H groups in total. The van der Waals surface area contributed by atoms with E-state index >= 15 is 0 Å². The molecule has 5 nitrogen and oxygen atoms in total. The first kappa shape index (κ1) is 20.9. The quantitative estimate of drug-likeness (QED) is 0.613. The smallest absolute Gasteiger partial charge is 0.406 e. The molecule has 2 aromatic rings. The van der Waals surface area contributed by atoms with Gasteiger partial charge < -0.3 is 9.64 Å². The molecule has 1 aliphatic heterocycles. The largest absolute Gasteiger partial charge is 0.573 e. The van der Waals surface area contributed by atoms with Crippen LogP contribution in [0.15, 0.2) is 41.0 Å². The van der Waals surface area contributed by atoms with E-state index in [-0.39, 0.29) is 16.8 Å². The van der Waals surface area contributed by atoms with Crippen LogP contribution in [-0.2, 0) is 6.54 Å². The molecule has 0 atom stereocenters. The summed E-state index contributed by atoms with van der Waals surface area (Å²) in [5.41, 5.74) is 1.22. The van der Waals surface area contributed by atoms with Gasteiger partial charge in [-0.15, -0.1) is 13.2 Å². The minimum absolute atomic E-state index is 0.164. The summed E-state index contributed by atoms with van der Waals surface area (Å²) in [7, 11) is 0. The van der Waals surface area contributed by atoms with Gasteiger partial charge in [-0.2, -0.15) is 0 Å². The van der Waals surface area contributed by atoms with Crippen LogP contribution in [0.3, 0.4) is 0 Å². The van der Waals surface area contributed by atoms with Crippen molar-refractivity contribution in [1.29, 1.82) is 0 Å². The summed E-state index contributed by atoms with van der Waals surface area (Å²) >= 11 is 9.31. The predicted molar refractivity (Wildman–Crippen MR) is 101 cm³/mol. The van der Waals surface area contributed by atoms with Gasteiger partial charge in [0, 0.05) is 43.4 Å². The minimum atomic E-state index is -4.70. The topological polar surface area (TPSA) is 45.7 Å².